The van der Waals surface area contributed by atoms with E-state index in [0.717, 1.165) is 51.0 Å². The molecule has 2 fully saturated rings. The Balaban J connectivity index is 0.00000280. The van der Waals surface area contributed by atoms with Gasteiger partial charge in [-0.3, -0.25) is 4.99 Å². The highest BCUT2D eigenvalue weighted by Gasteiger charge is 2.31. The number of likely N-dealkylation sites (N-methyl/N-ethyl adjacent to an activating group) is 1. The molecule has 3 rings (SSSR count). The Labute approximate surface area is 187 Å². The molecule has 0 bridgehead atoms. The first-order chi connectivity index (χ1) is 13.1. The number of guanidine groups is 1. The van der Waals surface area contributed by atoms with Crippen LogP contribution in [0.15, 0.2) is 23.3 Å². The van der Waals surface area contributed by atoms with Crippen LogP contribution < -0.4 is 15.5 Å². The number of anilines is 1. The average molecular weight is 500 g/mol. The summed E-state index contributed by atoms with van der Waals surface area (Å²) in [6.07, 6.45) is 8.64. The lowest BCUT2D eigenvalue weighted by atomic mass is 9.83. The van der Waals surface area contributed by atoms with E-state index < -0.39 is 0 Å². The van der Waals surface area contributed by atoms with Crippen LogP contribution in [0.1, 0.15) is 44.6 Å². The van der Waals surface area contributed by atoms with E-state index >= 15 is 0 Å². The number of hydrogen-bond donors (Lipinski definition) is 2. The first kappa shape index (κ1) is 23.2. The Kier molecular flexibility index (Phi) is 9.27. The summed E-state index contributed by atoms with van der Waals surface area (Å²) in [4.78, 5) is 13.8. The highest BCUT2D eigenvalue weighted by Crippen LogP contribution is 2.40. The standard InChI is InChI=1S/C21H36N6.HI/c1-4-21(9-5-6-10-21)17-25-20(22-2)24-16-18-7-8-19(23-15-18)27-13-11-26(3)12-14-27;/h7-8,15H,4-6,9-14,16-17H2,1-3H3,(H2,22,24,25);1H. The monoisotopic (exact) mass is 500 g/mol. The number of hydrogen-bond acceptors (Lipinski definition) is 4. The lowest BCUT2D eigenvalue weighted by molar-refractivity contribution is 0.283. The summed E-state index contributed by atoms with van der Waals surface area (Å²) in [5.74, 6) is 1.97. The molecular weight excluding hydrogens is 463 g/mol. The zero-order valence-electron chi connectivity index (χ0n) is 17.7. The van der Waals surface area contributed by atoms with Crippen LogP contribution in [0.5, 0.6) is 0 Å². The highest BCUT2D eigenvalue weighted by molar-refractivity contribution is 14.0. The van der Waals surface area contributed by atoms with Crippen molar-refractivity contribution in [1.82, 2.24) is 20.5 Å². The molecule has 0 radical (unpaired) electrons. The number of pyridine rings is 1. The summed E-state index contributed by atoms with van der Waals surface area (Å²) < 4.78 is 0. The van der Waals surface area contributed by atoms with E-state index in [1.165, 1.54) is 37.7 Å². The second kappa shape index (κ2) is 11.2. The van der Waals surface area contributed by atoms with Crippen molar-refractivity contribution < 1.29 is 0 Å². The van der Waals surface area contributed by atoms with Gasteiger partial charge in [-0.05, 0) is 43.4 Å². The molecule has 1 saturated heterocycles. The van der Waals surface area contributed by atoms with Crippen molar-refractivity contribution in [2.45, 2.75) is 45.6 Å². The van der Waals surface area contributed by atoms with Crippen LogP contribution in [0, 0.1) is 5.41 Å². The van der Waals surface area contributed by atoms with Gasteiger partial charge < -0.3 is 20.4 Å². The molecule has 2 heterocycles. The van der Waals surface area contributed by atoms with Crippen LogP contribution in [0.4, 0.5) is 5.82 Å². The molecule has 0 atom stereocenters. The SMILES string of the molecule is CCC1(CNC(=NC)NCc2ccc(N3CCN(C)CC3)nc2)CCCC1.I. The minimum atomic E-state index is 0. The van der Waals surface area contributed by atoms with Crippen molar-refractivity contribution in [2.75, 3.05) is 51.7 Å². The van der Waals surface area contributed by atoms with E-state index in [1.54, 1.807) is 0 Å². The van der Waals surface area contributed by atoms with Gasteiger partial charge in [0.25, 0.3) is 0 Å². The van der Waals surface area contributed by atoms with Gasteiger partial charge in [0.05, 0.1) is 0 Å². The maximum absolute atomic E-state index is 4.67. The van der Waals surface area contributed by atoms with E-state index in [1.807, 2.05) is 13.2 Å². The van der Waals surface area contributed by atoms with Gasteiger partial charge in [-0.15, -0.1) is 24.0 Å². The Morgan fingerprint density at radius 3 is 2.43 bits per heavy atom. The Hall–Kier alpha value is -1.09. The van der Waals surface area contributed by atoms with Crippen LogP contribution in [0.2, 0.25) is 0 Å². The Bertz CT molecular complexity index is 604. The predicted octanol–water partition coefficient (Wildman–Crippen LogP) is 3.09. The van der Waals surface area contributed by atoms with Gasteiger partial charge in [0.1, 0.15) is 5.82 Å². The van der Waals surface area contributed by atoms with Gasteiger partial charge in [0.2, 0.25) is 0 Å². The van der Waals surface area contributed by atoms with E-state index in [2.05, 4.69) is 56.5 Å². The highest BCUT2D eigenvalue weighted by atomic mass is 127. The number of aliphatic imine (C=N–C) groups is 1. The fourth-order valence-corrected chi connectivity index (χ4v) is 4.20. The van der Waals surface area contributed by atoms with Gasteiger partial charge in [0.15, 0.2) is 5.96 Å². The number of piperazine rings is 1. The zero-order valence-corrected chi connectivity index (χ0v) is 20.0. The number of rotatable bonds is 6. The minimum absolute atomic E-state index is 0. The molecule has 1 aromatic rings. The van der Waals surface area contributed by atoms with Crippen molar-refractivity contribution in [1.29, 1.82) is 0 Å². The lowest BCUT2D eigenvalue weighted by Gasteiger charge is -2.33. The van der Waals surface area contributed by atoms with Crippen molar-refractivity contribution in [3.63, 3.8) is 0 Å². The molecule has 0 amide bonds. The summed E-state index contributed by atoms with van der Waals surface area (Å²) in [7, 11) is 4.02. The largest absolute Gasteiger partial charge is 0.356 e. The second-order valence-corrected chi connectivity index (χ2v) is 8.15. The van der Waals surface area contributed by atoms with Crippen molar-refractivity contribution in [3.8, 4) is 0 Å². The summed E-state index contributed by atoms with van der Waals surface area (Å²) in [6.45, 7) is 8.39. The van der Waals surface area contributed by atoms with Crippen LogP contribution in [0.25, 0.3) is 0 Å². The molecule has 0 aromatic carbocycles. The fourth-order valence-electron chi connectivity index (χ4n) is 4.20. The average Bonchev–Trinajstić information content (AvgIpc) is 3.19. The summed E-state index contributed by atoms with van der Waals surface area (Å²) in [5, 5.41) is 6.98. The normalized spacial score (nSPS) is 20.0. The molecule has 28 heavy (non-hydrogen) atoms. The Morgan fingerprint density at radius 2 is 1.86 bits per heavy atom. The number of aromatic nitrogens is 1. The first-order valence-electron chi connectivity index (χ1n) is 10.5. The van der Waals surface area contributed by atoms with Gasteiger partial charge >= 0.3 is 0 Å². The van der Waals surface area contributed by atoms with E-state index in [-0.39, 0.29) is 24.0 Å². The maximum atomic E-state index is 4.67. The van der Waals surface area contributed by atoms with Gasteiger partial charge in [0, 0.05) is 52.5 Å². The van der Waals surface area contributed by atoms with Crippen molar-refractivity contribution in [2.24, 2.45) is 10.4 Å². The van der Waals surface area contributed by atoms with Crippen molar-refractivity contribution in [3.05, 3.63) is 23.9 Å². The Morgan fingerprint density at radius 1 is 1.14 bits per heavy atom. The lowest BCUT2D eigenvalue weighted by Crippen LogP contribution is -2.44. The molecule has 1 aliphatic carbocycles. The molecule has 2 aliphatic rings. The predicted molar refractivity (Wildman–Crippen MR) is 129 cm³/mol. The second-order valence-electron chi connectivity index (χ2n) is 8.15. The molecule has 0 unspecified atom stereocenters. The third kappa shape index (κ3) is 6.20. The summed E-state index contributed by atoms with van der Waals surface area (Å²) >= 11 is 0. The minimum Gasteiger partial charge on any atom is -0.356 e. The number of nitrogens with zero attached hydrogens (tertiary/aromatic N) is 4. The number of halogens is 1. The van der Waals surface area contributed by atoms with Gasteiger partial charge in [-0.2, -0.15) is 0 Å². The molecule has 0 spiro atoms. The quantitative estimate of drug-likeness (QED) is 0.357. The molecule has 6 nitrogen and oxygen atoms in total. The molecular formula is C21H37IN6. The van der Waals surface area contributed by atoms with Crippen molar-refractivity contribution >= 4 is 35.8 Å². The van der Waals surface area contributed by atoms with Gasteiger partial charge in [-0.1, -0.05) is 25.8 Å². The van der Waals surface area contributed by atoms with E-state index in [4.69, 9.17) is 0 Å². The maximum Gasteiger partial charge on any atom is 0.191 e. The number of nitrogens with one attached hydrogen (secondary N) is 2. The fraction of sp³-hybridized carbons (Fsp3) is 0.714. The molecule has 2 N–H and O–H groups in total. The van der Waals surface area contributed by atoms with E-state index in [9.17, 15) is 0 Å². The summed E-state index contributed by atoms with van der Waals surface area (Å²) in [5.41, 5.74) is 1.64. The molecule has 1 aromatic heterocycles. The van der Waals surface area contributed by atoms with Crippen LogP contribution >= 0.6 is 24.0 Å². The molecule has 1 saturated carbocycles. The molecule has 7 heteroatoms. The summed E-state index contributed by atoms with van der Waals surface area (Å²) in [6, 6.07) is 4.31. The van der Waals surface area contributed by atoms with E-state index in [0.29, 0.717) is 5.41 Å². The third-order valence-electron chi connectivity index (χ3n) is 6.37. The third-order valence-corrected chi connectivity index (χ3v) is 6.37. The zero-order chi connectivity index (χ0) is 19.1. The van der Waals surface area contributed by atoms with Crippen LogP contribution in [-0.4, -0.2) is 62.7 Å². The van der Waals surface area contributed by atoms with Crippen LogP contribution in [-0.2, 0) is 6.54 Å². The topological polar surface area (TPSA) is 55.8 Å². The first-order valence-corrected chi connectivity index (χ1v) is 10.5. The van der Waals surface area contributed by atoms with Gasteiger partial charge in [-0.25, -0.2) is 4.98 Å². The molecule has 1 aliphatic heterocycles. The van der Waals surface area contributed by atoms with Crippen LogP contribution in [0.3, 0.4) is 0 Å². The molecule has 158 valence electrons. The smallest absolute Gasteiger partial charge is 0.191 e.